The molecule has 0 radical (unpaired) electrons. The van der Waals surface area contributed by atoms with Crippen LogP contribution in [0.1, 0.15) is 34.7 Å². The largest absolute Gasteiger partial charge is 0.383 e. The van der Waals surface area contributed by atoms with Gasteiger partial charge in [-0.25, -0.2) is 0 Å². The second-order valence-electron chi connectivity index (χ2n) is 4.86. The first-order chi connectivity index (χ1) is 8.54. The van der Waals surface area contributed by atoms with Crippen molar-refractivity contribution in [1.82, 2.24) is 0 Å². The highest BCUT2D eigenvalue weighted by molar-refractivity contribution is 5.95. The normalized spacial score (nSPS) is 16.1. The van der Waals surface area contributed by atoms with Crippen LogP contribution < -0.4 is 11.1 Å². The Morgan fingerprint density at radius 3 is 2.78 bits per heavy atom. The van der Waals surface area contributed by atoms with Gasteiger partial charge in [0, 0.05) is 19.2 Å². The van der Waals surface area contributed by atoms with Crippen LogP contribution in [0.25, 0.3) is 0 Å². The van der Waals surface area contributed by atoms with Crippen LogP contribution in [0.15, 0.2) is 6.07 Å². The van der Waals surface area contributed by atoms with Gasteiger partial charge in [0.15, 0.2) is 0 Å². The zero-order chi connectivity index (χ0) is 13.3. The zero-order valence-electron chi connectivity index (χ0n) is 11.2. The molecule has 1 aliphatic heterocycles. The molecule has 18 heavy (non-hydrogen) atoms. The van der Waals surface area contributed by atoms with E-state index in [2.05, 4.69) is 11.4 Å². The number of anilines is 1. The number of carbonyl (C=O) groups excluding carboxylic acids is 1. The molecule has 4 nitrogen and oxygen atoms in total. The molecule has 0 fully saturated rings. The topological polar surface area (TPSA) is 64.3 Å². The summed E-state index contributed by atoms with van der Waals surface area (Å²) in [6.07, 6.45) is 1.34. The minimum atomic E-state index is -0.114. The summed E-state index contributed by atoms with van der Waals surface area (Å²) in [7, 11) is 1.65. The van der Waals surface area contributed by atoms with Crippen molar-refractivity contribution in [2.75, 3.05) is 19.0 Å². The van der Waals surface area contributed by atoms with Crippen LogP contribution in [-0.2, 0) is 16.0 Å². The van der Waals surface area contributed by atoms with E-state index in [1.165, 1.54) is 5.56 Å². The Morgan fingerprint density at radius 1 is 1.39 bits per heavy atom. The molecule has 3 N–H and O–H groups in total. The molecule has 4 heteroatoms. The first-order valence-electron chi connectivity index (χ1n) is 6.22. The van der Waals surface area contributed by atoms with Crippen molar-refractivity contribution >= 4 is 11.6 Å². The van der Waals surface area contributed by atoms with Gasteiger partial charge < -0.3 is 15.8 Å². The average Bonchev–Trinajstić information content (AvgIpc) is 2.34. The smallest absolute Gasteiger partial charge is 0.224 e. The van der Waals surface area contributed by atoms with Crippen LogP contribution in [0, 0.1) is 13.8 Å². The summed E-state index contributed by atoms with van der Waals surface area (Å²) < 4.78 is 5.12. The number of carbonyl (C=O) groups is 1. The predicted molar refractivity (Wildman–Crippen MR) is 71.7 cm³/mol. The Bertz CT molecular complexity index is 483. The monoisotopic (exact) mass is 248 g/mol. The van der Waals surface area contributed by atoms with Gasteiger partial charge in [-0.3, -0.25) is 4.79 Å². The molecule has 1 amide bonds. The lowest BCUT2D eigenvalue weighted by atomic mass is 9.90. The summed E-state index contributed by atoms with van der Waals surface area (Å²) in [6.45, 7) is 4.58. The van der Waals surface area contributed by atoms with E-state index in [0.717, 1.165) is 28.8 Å². The quantitative estimate of drug-likeness (QED) is 0.857. The van der Waals surface area contributed by atoms with E-state index in [1.807, 2.05) is 13.8 Å². The second-order valence-corrected chi connectivity index (χ2v) is 4.86. The van der Waals surface area contributed by atoms with Crippen molar-refractivity contribution < 1.29 is 9.53 Å². The third-order valence-corrected chi connectivity index (χ3v) is 3.65. The van der Waals surface area contributed by atoms with Gasteiger partial charge in [0.25, 0.3) is 0 Å². The number of methoxy groups -OCH3 is 1. The molecule has 1 atom stereocenters. The van der Waals surface area contributed by atoms with Crippen LogP contribution in [0.4, 0.5) is 5.69 Å². The molecule has 98 valence electrons. The average molecular weight is 248 g/mol. The van der Waals surface area contributed by atoms with Crippen LogP contribution in [0.3, 0.4) is 0 Å². The summed E-state index contributed by atoms with van der Waals surface area (Å²) in [5.41, 5.74) is 11.6. The number of aryl methyl sites for hydroxylation is 1. The highest BCUT2D eigenvalue weighted by Gasteiger charge is 2.21. The maximum Gasteiger partial charge on any atom is 0.224 e. The molecule has 0 saturated carbocycles. The fourth-order valence-corrected chi connectivity index (χ4v) is 2.49. The number of nitrogens with one attached hydrogen (secondary N) is 1. The minimum Gasteiger partial charge on any atom is -0.383 e. The maximum absolute atomic E-state index is 11.5. The van der Waals surface area contributed by atoms with Gasteiger partial charge in [-0.2, -0.15) is 0 Å². The van der Waals surface area contributed by atoms with Crippen molar-refractivity contribution in [1.29, 1.82) is 0 Å². The predicted octanol–water partition coefficient (Wildman–Crippen LogP) is 1.83. The van der Waals surface area contributed by atoms with Gasteiger partial charge in [0.1, 0.15) is 0 Å². The maximum atomic E-state index is 11.5. The Balaban J connectivity index is 2.46. The highest BCUT2D eigenvalue weighted by Crippen LogP contribution is 2.32. The van der Waals surface area contributed by atoms with E-state index in [-0.39, 0.29) is 11.9 Å². The summed E-state index contributed by atoms with van der Waals surface area (Å²) in [5.74, 6) is 0.0962. The van der Waals surface area contributed by atoms with Crippen molar-refractivity contribution in [2.24, 2.45) is 5.73 Å². The van der Waals surface area contributed by atoms with Gasteiger partial charge in [0.05, 0.1) is 12.6 Å². The van der Waals surface area contributed by atoms with Crippen LogP contribution in [-0.4, -0.2) is 19.6 Å². The number of nitrogens with two attached hydrogens (primary N) is 1. The van der Waals surface area contributed by atoms with Gasteiger partial charge in [-0.15, -0.1) is 0 Å². The molecule has 0 spiro atoms. The van der Waals surface area contributed by atoms with Gasteiger partial charge in [0.2, 0.25) is 5.91 Å². The molecule has 1 aliphatic rings. The van der Waals surface area contributed by atoms with Crippen molar-refractivity contribution in [2.45, 2.75) is 32.7 Å². The highest BCUT2D eigenvalue weighted by atomic mass is 16.5. The zero-order valence-corrected chi connectivity index (χ0v) is 11.2. The molecule has 0 bridgehead atoms. The number of hydrogen-bond donors (Lipinski definition) is 2. The lowest BCUT2D eigenvalue weighted by Crippen LogP contribution is -2.23. The van der Waals surface area contributed by atoms with Crippen molar-refractivity contribution in [3.63, 3.8) is 0 Å². The molecule has 0 aromatic heterocycles. The Hall–Kier alpha value is -1.39. The molecule has 1 aromatic rings. The number of benzene rings is 1. The molecule has 1 unspecified atom stereocenters. The Labute approximate surface area is 108 Å². The van der Waals surface area contributed by atoms with Crippen LogP contribution in [0.5, 0.6) is 0 Å². The van der Waals surface area contributed by atoms with Crippen LogP contribution in [0.2, 0.25) is 0 Å². The van der Waals surface area contributed by atoms with E-state index >= 15 is 0 Å². The number of hydrogen-bond acceptors (Lipinski definition) is 3. The molecular formula is C14H20N2O2. The van der Waals surface area contributed by atoms with Crippen molar-refractivity contribution in [3.05, 3.63) is 28.3 Å². The number of ether oxygens (including phenoxy) is 1. The lowest BCUT2D eigenvalue weighted by Gasteiger charge is -2.24. The van der Waals surface area contributed by atoms with E-state index in [4.69, 9.17) is 10.5 Å². The summed E-state index contributed by atoms with van der Waals surface area (Å²) in [4.78, 5) is 11.5. The SMILES string of the molecule is COCC(N)c1cc2c(c(C)c1C)NC(=O)CC2. The second kappa shape index (κ2) is 5.08. The third kappa shape index (κ3) is 2.26. The fourth-order valence-electron chi connectivity index (χ4n) is 2.49. The third-order valence-electron chi connectivity index (χ3n) is 3.65. The fraction of sp³-hybridized carbons (Fsp3) is 0.500. The number of rotatable bonds is 3. The van der Waals surface area contributed by atoms with Gasteiger partial charge in [-0.1, -0.05) is 6.07 Å². The first-order valence-corrected chi connectivity index (χ1v) is 6.22. The summed E-state index contributed by atoms with van der Waals surface area (Å²) in [5, 5.41) is 2.96. The standard InChI is InChI=1S/C14H20N2O2/c1-8-9(2)14-10(4-5-13(17)16-14)6-11(8)12(15)7-18-3/h6,12H,4-5,7,15H2,1-3H3,(H,16,17). The van der Waals surface area contributed by atoms with Gasteiger partial charge >= 0.3 is 0 Å². The van der Waals surface area contributed by atoms with Crippen LogP contribution >= 0.6 is 0 Å². The van der Waals surface area contributed by atoms with Gasteiger partial charge in [-0.05, 0) is 42.5 Å². The Kier molecular flexibility index (Phi) is 3.68. The van der Waals surface area contributed by atoms with E-state index in [9.17, 15) is 4.79 Å². The van der Waals surface area contributed by atoms with Crippen molar-refractivity contribution in [3.8, 4) is 0 Å². The molecule has 1 heterocycles. The lowest BCUT2D eigenvalue weighted by molar-refractivity contribution is -0.116. The molecule has 1 aromatic carbocycles. The van der Waals surface area contributed by atoms with E-state index in [1.54, 1.807) is 7.11 Å². The van der Waals surface area contributed by atoms with E-state index < -0.39 is 0 Å². The molecule has 2 rings (SSSR count). The molecule has 0 saturated heterocycles. The number of fused-ring (bicyclic) bond motifs is 1. The first kappa shape index (κ1) is 13.1. The molecular weight excluding hydrogens is 228 g/mol. The summed E-state index contributed by atoms with van der Waals surface area (Å²) >= 11 is 0. The summed E-state index contributed by atoms with van der Waals surface area (Å²) in [6, 6.07) is 2.00. The minimum absolute atomic E-state index is 0.0962. The Morgan fingerprint density at radius 2 is 2.11 bits per heavy atom. The molecule has 0 aliphatic carbocycles. The number of amides is 1. The van der Waals surface area contributed by atoms with E-state index in [0.29, 0.717) is 13.0 Å².